The number of carbonyl (C=O) groups excluding carboxylic acids is 1. The molecule has 8 heteroatoms. The highest BCUT2D eigenvalue weighted by molar-refractivity contribution is 7.20. The highest BCUT2D eigenvalue weighted by Gasteiger charge is 2.31. The average molecular weight is 425 g/mol. The van der Waals surface area contributed by atoms with Gasteiger partial charge in [0.25, 0.3) is 0 Å². The highest BCUT2D eigenvalue weighted by atomic mass is 32.1. The molecule has 0 spiro atoms. The normalized spacial score (nSPS) is 20.8. The molecule has 4 heterocycles. The first-order valence-corrected chi connectivity index (χ1v) is 11.5. The number of imidazole rings is 1. The minimum Gasteiger partial charge on any atom is -0.346 e. The molecule has 2 aliphatic heterocycles. The summed E-state index contributed by atoms with van der Waals surface area (Å²) < 4.78 is 1.88. The number of benzene rings is 1. The first-order chi connectivity index (χ1) is 14.6. The van der Waals surface area contributed by atoms with Crippen LogP contribution in [0.15, 0.2) is 30.5 Å². The zero-order valence-electron chi connectivity index (χ0n) is 17.6. The summed E-state index contributed by atoms with van der Waals surface area (Å²) in [4.78, 5) is 25.3. The van der Waals surface area contributed by atoms with Crippen LogP contribution < -0.4 is 4.90 Å². The van der Waals surface area contributed by atoms with Crippen LogP contribution in [0.1, 0.15) is 18.4 Å². The number of aromatic nitrogens is 3. The Morgan fingerprint density at radius 2 is 1.87 bits per heavy atom. The van der Waals surface area contributed by atoms with Crippen LogP contribution in [-0.4, -0.2) is 76.6 Å². The second kappa shape index (κ2) is 8.00. The lowest BCUT2D eigenvalue weighted by Crippen LogP contribution is -2.51. The molecule has 0 bridgehead atoms. The van der Waals surface area contributed by atoms with Crippen molar-refractivity contribution in [1.82, 2.24) is 24.4 Å². The summed E-state index contributed by atoms with van der Waals surface area (Å²) in [6.07, 6.45) is 4.00. The summed E-state index contributed by atoms with van der Waals surface area (Å²) in [5.74, 6) is 0.386. The van der Waals surface area contributed by atoms with Crippen molar-refractivity contribution in [2.24, 2.45) is 5.92 Å². The van der Waals surface area contributed by atoms with E-state index < -0.39 is 0 Å². The van der Waals surface area contributed by atoms with E-state index in [2.05, 4.69) is 52.9 Å². The van der Waals surface area contributed by atoms with E-state index in [0.717, 1.165) is 73.5 Å². The quantitative estimate of drug-likeness (QED) is 0.647. The van der Waals surface area contributed by atoms with Gasteiger partial charge in [0.05, 0.1) is 17.8 Å². The van der Waals surface area contributed by atoms with Crippen molar-refractivity contribution in [3.05, 3.63) is 36.0 Å². The van der Waals surface area contributed by atoms with Crippen LogP contribution in [0.25, 0.3) is 16.2 Å². The number of aryl methyl sites for hydroxylation is 1. The summed E-state index contributed by atoms with van der Waals surface area (Å²) in [6, 6.07) is 8.41. The van der Waals surface area contributed by atoms with Gasteiger partial charge in [-0.25, -0.2) is 9.50 Å². The summed E-state index contributed by atoms with van der Waals surface area (Å²) in [5, 5.41) is 5.75. The molecule has 0 unspecified atom stereocenters. The van der Waals surface area contributed by atoms with Crippen molar-refractivity contribution in [2.45, 2.75) is 19.8 Å². The molecule has 30 heavy (non-hydrogen) atoms. The molecule has 3 aromatic rings. The minimum atomic E-state index is 0.0708. The first-order valence-electron chi connectivity index (χ1n) is 10.7. The van der Waals surface area contributed by atoms with Crippen LogP contribution in [0.4, 0.5) is 5.13 Å². The van der Waals surface area contributed by atoms with Crippen molar-refractivity contribution in [3.8, 4) is 11.3 Å². The van der Waals surface area contributed by atoms with Crippen molar-refractivity contribution < 1.29 is 4.79 Å². The van der Waals surface area contributed by atoms with Crippen molar-refractivity contribution in [3.63, 3.8) is 0 Å². The molecule has 7 nitrogen and oxygen atoms in total. The van der Waals surface area contributed by atoms with Gasteiger partial charge in [-0.05, 0) is 26.8 Å². The number of amides is 1. The molecule has 0 radical (unpaired) electrons. The number of hydrogen-bond donors (Lipinski definition) is 0. The highest BCUT2D eigenvalue weighted by Crippen LogP contribution is 2.30. The van der Waals surface area contributed by atoms with Gasteiger partial charge in [0.1, 0.15) is 0 Å². The zero-order valence-corrected chi connectivity index (χ0v) is 18.4. The Morgan fingerprint density at radius 1 is 1.10 bits per heavy atom. The summed E-state index contributed by atoms with van der Waals surface area (Å²) in [6.45, 7) is 7.42. The molecule has 1 aromatic carbocycles. The Bertz CT molecular complexity index is 1000. The SMILES string of the molecule is Cc1ccc(-c2cn3nc(N4CCC[C@H](C(=O)N5CCN(C)CC5)C4)sc3n2)cc1. The lowest BCUT2D eigenvalue weighted by atomic mass is 9.96. The van der Waals surface area contributed by atoms with Gasteiger partial charge in [-0.3, -0.25) is 4.79 Å². The van der Waals surface area contributed by atoms with E-state index in [-0.39, 0.29) is 5.92 Å². The molecule has 1 amide bonds. The molecule has 0 saturated carbocycles. The molecular formula is C22H28N6OS. The molecular weight excluding hydrogens is 396 g/mol. The maximum atomic E-state index is 13.0. The number of carbonyl (C=O) groups is 1. The van der Waals surface area contributed by atoms with E-state index in [4.69, 9.17) is 10.1 Å². The van der Waals surface area contributed by atoms with Gasteiger partial charge in [-0.15, -0.1) is 5.10 Å². The average Bonchev–Trinajstić information content (AvgIpc) is 3.34. The Balaban J connectivity index is 1.29. The fourth-order valence-corrected chi connectivity index (χ4v) is 5.24. The second-order valence-electron chi connectivity index (χ2n) is 8.52. The number of nitrogens with zero attached hydrogens (tertiary/aromatic N) is 6. The summed E-state index contributed by atoms with van der Waals surface area (Å²) in [5.41, 5.74) is 3.30. The maximum Gasteiger partial charge on any atom is 0.227 e. The van der Waals surface area contributed by atoms with Crippen LogP contribution in [-0.2, 0) is 4.79 Å². The molecule has 1 atom stereocenters. The number of likely N-dealkylation sites (N-methyl/N-ethyl adjacent to an activating group) is 1. The molecule has 2 fully saturated rings. The van der Waals surface area contributed by atoms with E-state index in [9.17, 15) is 4.79 Å². The van der Waals surface area contributed by atoms with E-state index >= 15 is 0 Å². The largest absolute Gasteiger partial charge is 0.346 e. The molecule has 158 valence electrons. The number of rotatable bonds is 3. The van der Waals surface area contributed by atoms with Crippen LogP contribution in [0.2, 0.25) is 0 Å². The van der Waals surface area contributed by atoms with Crippen molar-refractivity contribution in [2.75, 3.05) is 51.2 Å². The van der Waals surface area contributed by atoms with Gasteiger partial charge in [0.15, 0.2) is 0 Å². The first kappa shape index (κ1) is 19.5. The van der Waals surface area contributed by atoms with Gasteiger partial charge in [-0.1, -0.05) is 41.2 Å². The molecule has 2 aromatic heterocycles. The lowest BCUT2D eigenvalue weighted by molar-refractivity contribution is -0.137. The van der Waals surface area contributed by atoms with Gasteiger partial charge in [-0.2, -0.15) is 0 Å². The van der Waals surface area contributed by atoms with Crippen LogP contribution in [0, 0.1) is 12.8 Å². The Morgan fingerprint density at radius 3 is 2.60 bits per heavy atom. The third-order valence-corrected chi connectivity index (χ3v) is 7.22. The minimum absolute atomic E-state index is 0.0708. The summed E-state index contributed by atoms with van der Waals surface area (Å²) in [7, 11) is 2.12. The maximum absolute atomic E-state index is 13.0. The van der Waals surface area contributed by atoms with E-state index in [1.807, 2.05) is 10.7 Å². The smallest absolute Gasteiger partial charge is 0.227 e. The van der Waals surface area contributed by atoms with Crippen molar-refractivity contribution >= 4 is 27.3 Å². The topological polar surface area (TPSA) is 57.0 Å². The van der Waals surface area contributed by atoms with Gasteiger partial charge in [0, 0.05) is 44.8 Å². The van der Waals surface area contributed by atoms with E-state index in [1.165, 1.54) is 5.56 Å². The van der Waals surface area contributed by atoms with Crippen LogP contribution in [0.3, 0.4) is 0 Å². The molecule has 0 aliphatic carbocycles. The Kier molecular flexibility index (Phi) is 5.20. The van der Waals surface area contributed by atoms with Gasteiger partial charge < -0.3 is 14.7 Å². The second-order valence-corrected chi connectivity index (χ2v) is 9.45. The number of piperidine rings is 1. The van der Waals surface area contributed by atoms with Gasteiger partial charge >= 0.3 is 0 Å². The number of fused-ring (bicyclic) bond motifs is 1. The predicted molar refractivity (Wildman–Crippen MR) is 120 cm³/mol. The molecule has 2 aliphatic rings. The fraction of sp³-hybridized carbons (Fsp3) is 0.500. The molecule has 2 saturated heterocycles. The fourth-order valence-electron chi connectivity index (χ4n) is 4.32. The van der Waals surface area contributed by atoms with E-state index in [0.29, 0.717) is 5.91 Å². The monoisotopic (exact) mass is 424 g/mol. The predicted octanol–water partition coefficient (Wildman–Crippen LogP) is 2.76. The Hall–Kier alpha value is -2.45. The number of anilines is 1. The molecule has 5 rings (SSSR count). The molecule has 0 N–H and O–H groups in total. The lowest BCUT2D eigenvalue weighted by Gasteiger charge is -2.37. The standard InChI is InChI=1S/C22H28N6OS/c1-16-5-7-17(8-6-16)19-15-28-21(23-19)30-22(24-28)27-9-3-4-18(14-27)20(29)26-12-10-25(2)11-13-26/h5-8,15,18H,3-4,9-14H2,1-2H3/t18-/m0/s1. The van der Waals surface area contributed by atoms with Gasteiger partial charge in [0.2, 0.25) is 16.0 Å². The Labute approximate surface area is 180 Å². The zero-order chi connectivity index (χ0) is 20.7. The number of hydrogen-bond acceptors (Lipinski definition) is 6. The number of piperazine rings is 1. The van der Waals surface area contributed by atoms with Crippen LogP contribution >= 0.6 is 11.3 Å². The third-order valence-electron chi connectivity index (χ3n) is 6.24. The van der Waals surface area contributed by atoms with Crippen LogP contribution in [0.5, 0.6) is 0 Å². The summed E-state index contributed by atoms with van der Waals surface area (Å²) >= 11 is 1.61. The van der Waals surface area contributed by atoms with E-state index in [1.54, 1.807) is 11.3 Å². The van der Waals surface area contributed by atoms with Crippen molar-refractivity contribution in [1.29, 1.82) is 0 Å². The third kappa shape index (κ3) is 3.81.